The second-order valence-corrected chi connectivity index (χ2v) is 10.5. The molecule has 0 N–H and O–H groups in total. The molecule has 0 spiro atoms. The zero-order valence-corrected chi connectivity index (χ0v) is 20.0. The molecular weight excluding hydrogens is 438 g/mol. The highest BCUT2D eigenvalue weighted by molar-refractivity contribution is 8.18. The summed E-state index contributed by atoms with van der Waals surface area (Å²) in [4.78, 5) is 21.6. The van der Waals surface area contributed by atoms with E-state index in [1.807, 2.05) is 47.5 Å². The fraction of sp³-hybridized carbons (Fsp3) is 0.462. The predicted molar refractivity (Wildman–Crippen MR) is 134 cm³/mol. The molecule has 6 heteroatoms. The number of thioether (sulfide) groups is 1. The number of benzene rings is 1. The van der Waals surface area contributed by atoms with Crippen molar-refractivity contribution < 1.29 is 4.79 Å². The quantitative estimate of drug-likeness (QED) is 0.451. The first-order chi connectivity index (χ1) is 15.7. The van der Waals surface area contributed by atoms with Crippen LogP contribution in [0.2, 0.25) is 5.02 Å². The van der Waals surface area contributed by atoms with E-state index in [0.717, 1.165) is 47.1 Å². The van der Waals surface area contributed by atoms with Crippen LogP contribution in [0, 0.1) is 0 Å². The summed E-state index contributed by atoms with van der Waals surface area (Å²) in [6, 6.07) is 12.5. The van der Waals surface area contributed by atoms with Gasteiger partial charge in [-0.25, -0.2) is 0 Å². The predicted octanol–water partition coefficient (Wildman–Crippen LogP) is 7.07. The summed E-state index contributed by atoms with van der Waals surface area (Å²) in [7, 11) is 0. The van der Waals surface area contributed by atoms with Crippen molar-refractivity contribution in [1.82, 2.24) is 9.47 Å². The molecule has 0 radical (unpaired) electrons. The van der Waals surface area contributed by atoms with Gasteiger partial charge in [0.1, 0.15) is 0 Å². The number of aromatic nitrogens is 1. The number of carbonyl (C=O) groups excluding carboxylic acids is 1. The van der Waals surface area contributed by atoms with Crippen LogP contribution in [0.25, 0.3) is 11.8 Å². The van der Waals surface area contributed by atoms with E-state index in [2.05, 4.69) is 10.6 Å². The fourth-order valence-corrected chi connectivity index (χ4v) is 6.31. The Morgan fingerprint density at radius 2 is 1.62 bits per heavy atom. The Kier molecular flexibility index (Phi) is 6.74. The standard InChI is InChI=1S/C26H30ClN3OS/c27-19-13-15-21(16-14-19)29-17-7-12-23(29)18-24-25(31)30(22-10-5-2-6-11-22)26(32-24)28-20-8-3-1-4-9-20/h7,12-18,20,22H,1-6,8-11H2. The van der Waals surface area contributed by atoms with Crippen LogP contribution in [0.15, 0.2) is 52.5 Å². The average molecular weight is 468 g/mol. The van der Waals surface area contributed by atoms with Crippen LogP contribution in [0.3, 0.4) is 0 Å². The number of carbonyl (C=O) groups is 1. The molecule has 0 atom stereocenters. The van der Waals surface area contributed by atoms with Crippen molar-refractivity contribution in [2.75, 3.05) is 0 Å². The van der Waals surface area contributed by atoms with Gasteiger partial charge in [0.05, 0.1) is 10.9 Å². The molecule has 2 heterocycles. The van der Waals surface area contributed by atoms with Gasteiger partial charge in [0.15, 0.2) is 5.17 Å². The minimum Gasteiger partial charge on any atom is -0.317 e. The number of halogens is 1. The van der Waals surface area contributed by atoms with Crippen molar-refractivity contribution >= 4 is 40.5 Å². The molecule has 1 aliphatic heterocycles. The van der Waals surface area contributed by atoms with Crippen LogP contribution in [-0.4, -0.2) is 32.6 Å². The molecule has 32 heavy (non-hydrogen) atoms. The molecule has 2 aliphatic carbocycles. The molecule has 3 fully saturated rings. The molecule has 2 saturated carbocycles. The van der Waals surface area contributed by atoms with Crippen LogP contribution in [0.4, 0.5) is 0 Å². The third-order valence-electron chi connectivity index (χ3n) is 6.81. The van der Waals surface area contributed by atoms with Crippen molar-refractivity contribution in [3.8, 4) is 5.69 Å². The minimum absolute atomic E-state index is 0.125. The van der Waals surface area contributed by atoms with Crippen LogP contribution in [0.5, 0.6) is 0 Å². The zero-order valence-electron chi connectivity index (χ0n) is 18.4. The van der Waals surface area contributed by atoms with Crippen LogP contribution >= 0.6 is 23.4 Å². The molecule has 3 aliphatic rings. The van der Waals surface area contributed by atoms with Crippen LogP contribution in [-0.2, 0) is 4.79 Å². The summed E-state index contributed by atoms with van der Waals surface area (Å²) in [6.45, 7) is 0. The second-order valence-electron chi connectivity index (χ2n) is 9.06. The van der Waals surface area contributed by atoms with Gasteiger partial charge in [0.2, 0.25) is 0 Å². The van der Waals surface area contributed by atoms with E-state index in [0.29, 0.717) is 17.1 Å². The molecule has 5 rings (SSSR count). The van der Waals surface area contributed by atoms with Gasteiger partial charge < -0.3 is 4.57 Å². The van der Waals surface area contributed by atoms with Gasteiger partial charge in [-0.15, -0.1) is 0 Å². The molecule has 168 valence electrons. The third-order valence-corrected chi connectivity index (χ3v) is 8.06. The van der Waals surface area contributed by atoms with E-state index in [1.165, 1.54) is 38.5 Å². The molecule has 1 aromatic heterocycles. The summed E-state index contributed by atoms with van der Waals surface area (Å²) in [5, 5.41) is 1.65. The number of hydrogen-bond acceptors (Lipinski definition) is 3. The molecule has 1 saturated heterocycles. The molecule has 2 aromatic rings. The first kappa shape index (κ1) is 21.8. The lowest BCUT2D eigenvalue weighted by molar-refractivity contribution is -0.124. The van der Waals surface area contributed by atoms with Gasteiger partial charge in [0, 0.05) is 28.6 Å². The highest BCUT2D eigenvalue weighted by atomic mass is 35.5. The Morgan fingerprint density at radius 3 is 2.34 bits per heavy atom. The lowest BCUT2D eigenvalue weighted by atomic mass is 9.94. The molecule has 1 amide bonds. The number of hydrogen-bond donors (Lipinski definition) is 0. The molecule has 0 bridgehead atoms. The lowest BCUT2D eigenvalue weighted by Gasteiger charge is -2.31. The smallest absolute Gasteiger partial charge is 0.267 e. The lowest BCUT2D eigenvalue weighted by Crippen LogP contribution is -2.41. The first-order valence-electron chi connectivity index (χ1n) is 11.9. The summed E-state index contributed by atoms with van der Waals surface area (Å²) in [6.07, 6.45) is 16.0. The van der Waals surface area contributed by atoms with Crippen molar-refractivity contribution in [3.63, 3.8) is 0 Å². The Bertz CT molecular complexity index is 1010. The van der Waals surface area contributed by atoms with Crippen LogP contribution in [0.1, 0.15) is 69.9 Å². The Hall–Kier alpha value is -1.98. The number of aliphatic imine (C=N–C) groups is 1. The van der Waals surface area contributed by atoms with Gasteiger partial charge in [-0.2, -0.15) is 0 Å². The maximum atomic E-state index is 13.6. The summed E-state index contributed by atoms with van der Waals surface area (Å²) < 4.78 is 2.10. The van der Waals surface area contributed by atoms with Crippen molar-refractivity contribution in [1.29, 1.82) is 0 Å². The topological polar surface area (TPSA) is 37.6 Å². The van der Waals surface area contributed by atoms with E-state index >= 15 is 0 Å². The summed E-state index contributed by atoms with van der Waals surface area (Å²) >= 11 is 7.64. The van der Waals surface area contributed by atoms with Gasteiger partial charge in [0.25, 0.3) is 5.91 Å². The Labute approximate surface area is 199 Å². The molecule has 4 nitrogen and oxygen atoms in total. The normalized spacial score (nSPS) is 23.5. The fourth-order valence-electron chi connectivity index (χ4n) is 5.09. The number of amidine groups is 1. The Balaban J connectivity index is 1.46. The highest BCUT2D eigenvalue weighted by Crippen LogP contribution is 2.38. The number of nitrogens with zero attached hydrogens (tertiary/aromatic N) is 3. The van der Waals surface area contributed by atoms with Gasteiger partial charge >= 0.3 is 0 Å². The van der Waals surface area contributed by atoms with Crippen LogP contribution < -0.4 is 0 Å². The van der Waals surface area contributed by atoms with E-state index < -0.39 is 0 Å². The number of amides is 1. The molecular formula is C26H30ClN3OS. The van der Waals surface area contributed by atoms with Gasteiger partial charge in [-0.1, -0.05) is 50.1 Å². The SMILES string of the molecule is O=C1C(=Cc2cccn2-c2ccc(Cl)cc2)SC(=NC2CCCCC2)N1C1CCCCC1. The van der Waals surface area contributed by atoms with Crippen molar-refractivity contribution in [3.05, 3.63) is 58.2 Å². The van der Waals surface area contributed by atoms with E-state index in [4.69, 9.17) is 16.6 Å². The monoisotopic (exact) mass is 467 g/mol. The third kappa shape index (κ3) is 4.69. The average Bonchev–Trinajstić information content (AvgIpc) is 3.40. The van der Waals surface area contributed by atoms with Crippen molar-refractivity contribution in [2.24, 2.45) is 4.99 Å². The van der Waals surface area contributed by atoms with E-state index in [1.54, 1.807) is 11.8 Å². The van der Waals surface area contributed by atoms with Gasteiger partial charge in [-0.05, 0) is 79.9 Å². The summed E-state index contributed by atoms with van der Waals surface area (Å²) in [5.41, 5.74) is 2.02. The van der Waals surface area contributed by atoms with E-state index in [-0.39, 0.29) is 5.91 Å². The number of rotatable bonds is 4. The molecule has 0 unspecified atom stereocenters. The van der Waals surface area contributed by atoms with E-state index in [9.17, 15) is 4.79 Å². The Morgan fingerprint density at radius 1 is 0.938 bits per heavy atom. The maximum absolute atomic E-state index is 13.6. The zero-order chi connectivity index (χ0) is 21.9. The minimum atomic E-state index is 0.125. The highest BCUT2D eigenvalue weighted by Gasteiger charge is 2.39. The second kappa shape index (κ2) is 9.88. The molecule has 1 aromatic carbocycles. The van der Waals surface area contributed by atoms with Crippen molar-refractivity contribution in [2.45, 2.75) is 76.3 Å². The van der Waals surface area contributed by atoms with Gasteiger partial charge in [-0.3, -0.25) is 14.7 Å². The largest absolute Gasteiger partial charge is 0.317 e. The summed E-state index contributed by atoms with van der Waals surface area (Å²) in [5.74, 6) is 0.125. The first-order valence-corrected chi connectivity index (χ1v) is 13.1. The maximum Gasteiger partial charge on any atom is 0.267 e.